The molecule has 0 aliphatic heterocycles. The third-order valence-corrected chi connectivity index (χ3v) is 4.59. The van der Waals surface area contributed by atoms with Gasteiger partial charge in [0.25, 0.3) is 0 Å². The Hall–Kier alpha value is -0.630. The molecule has 1 aromatic carbocycles. The Kier molecular flexibility index (Phi) is 5.75. The fourth-order valence-corrected chi connectivity index (χ4v) is 2.97. The minimum absolute atomic E-state index is 0.139. The molecule has 1 rings (SSSR count). The number of benzene rings is 1. The summed E-state index contributed by atoms with van der Waals surface area (Å²) < 4.78 is 17.7. The van der Waals surface area contributed by atoms with Crippen molar-refractivity contribution in [3.63, 3.8) is 0 Å². The Balaban J connectivity index is 2.48. The standard InChI is InChI=1S/C12H20NO2P/c1-2-3-9-16(14,11-13)15-10-12-7-5-4-6-8-12/h4-8H,2-3,9-11,13H2,1H3. The number of rotatable bonds is 7. The minimum atomic E-state index is -2.60. The summed E-state index contributed by atoms with van der Waals surface area (Å²) in [4.78, 5) is 0. The molecule has 0 saturated carbocycles. The second-order valence-electron chi connectivity index (χ2n) is 3.83. The molecule has 4 heteroatoms. The molecule has 90 valence electrons. The fourth-order valence-electron chi connectivity index (χ4n) is 1.37. The van der Waals surface area contributed by atoms with E-state index in [-0.39, 0.29) is 6.29 Å². The first-order valence-corrected chi connectivity index (χ1v) is 7.66. The van der Waals surface area contributed by atoms with Crippen LogP contribution in [-0.2, 0) is 15.7 Å². The fraction of sp³-hybridized carbons (Fsp3) is 0.500. The third-order valence-electron chi connectivity index (χ3n) is 2.44. The van der Waals surface area contributed by atoms with Crippen molar-refractivity contribution in [3.8, 4) is 0 Å². The van der Waals surface area contributed by atoms with Crippen LogP contribution >= 0.6 is 7.37 Å². The van der Waals surface area contributed by atoms with Gasteiger partial charge in [0.05, 0.1) is 12.9 Å². The van der Waals surface area contributed by atoms with Gasteiger partial charge in [-0.25, -0.2) is 0 Å². The lowest BCUT2D eigenvalue weighted by Crippen LogP contribution is -2.07. The van der Waals surface area contributed by atoms with Crippen molar-refractivity contribution in [2.45, 2.75) is 26.4 Å². The van der Waals surface area contributed by atoms with Gasteiger partial charge in [0.15, 0.2) is 0 Å². The van der Waals surface area contributed by atoms with Gasteiger partial charge in [-0.3, -0.25) is 4.57 Å². The Morgan fingerprint density at radius 3 is 2.56 bits per heavy atom. The zero-order chi connectivity index (χ0) is 11.9. The molecule has 0 saturated heterocycles. The number of hydrogen-bond acceptors (Lipinski definition) is 3. The molecule has 0 bridgehead atoms. The van der Waals surface area contributed by atoms with Crippen molar-refractivity contribution in [3.05, 3.63) is 35.9 Å². The van der Waals surface area contributed by atoms with E-state index in [1.165, 1.54) is 0 Å². The monoisotopic (exact) mass is 241 g/mol. The zero-order valence-corrected chi connectivity index (χ0v) is 10.7. The topological polar surface area (TPSA) is 52.3 Å². The first kappa shape index (κ1) is 13.4. The second-order valence-corrected chi connectivity index (χ2v) is 6.53. The van der Waals surface area contributed by atoms with E-state index in [9.17, 15) is 4.57 Å². The Labute approximate surface area is 97.5 Å². The highest BCUT2D eigenvalue weighted by molar-refractivity contribution is 7.58. The SMILES string of the molecule is CCCCP(=O)(CN)OCc1ccccc1. The van der Waals surface area contributed by atoms with Crippen LogP contribution in [0.4, 0.5) is 0 Å². The Morgan fingerprint density at radius 1 is 1.31 bits per heavy atom. The van der Waals surface area contributed by atoms with E-state index in [4.69, 9.17) is 10.3 Å². The van der Waals surface area contributed by atoms with Gasteiger partial charge in [-0.15, -0.1) is 0 Å². The molecule has 0 spiro atoms. The predicted molar refractivity (Wildman–Crippen MR) is 67.7 cm³/mol. The number of unbranched alkanes of at least 4 members (excludes halogenated alkanes) is 1. The van der Waals surface area contributed by atoms with Crippen molar-refractivity contribution in [2.24, 2.45) is 5.73 Å². The third kappa shape index (κ3) is 4.48. The summed E-state index contributed by atoms with van der Waals surface area (Å²) in [5.74, 6) is 0. The van der Waals surface area contributed by atoms with Gasteiger partial charge in [-0.05, 0) is 12.0 Å². The van der Waals surface area contributed by atoms with Crippen molar-refractivity contribution in [1.29, 1.82) is 0 Å². The van der Waals surface area contributed by atoms with Gasteiger partial charge in [-0.2, -0.15) is 0 Å². The zero-order valence-electron chi connectivity index (χ0n) is 9.76. The normalized spacial score (nSPS) is 14.6. The molecule has 3 nitrogen and oxygen atoms in total. The van der Waals surface area contributed by atoms with Crippen LogP contribution in [0.3, 0.4) is 0 Å². The molecule has 0 aliphatic carbocycles. The van der Waals surface area contributed by atoms with Crippen LogP contribution < -0.4 is 5.73 Å². The minimum Gasteiger partial charge on any atom is -0.323 e. The van der Waals surface area contributed by atoms with Gasteiger partial charge in [0, 0.05) is 6.16 Å². The van der Waals surface area contributed by atoms with Gasteiger partial charge in [-0.1, -0.05) is 43.7 Å². The molecule has 1 aromatic rings. The average Bonchev–Trinajstić information content (AvgIpc) is 2.35. The Morgan fingerprint density at radius 2 is 2.00 bits per heavy atom. The van der Waals surface area contributed by atoms with E-state index >= 15 is 0 Å². The maximum Gasteiger partial charge on any atom is 0.216 e. The second kappa shape index (κ2) is 6.85. The largest absolute Gasteiger partial charge is 0.323 e. The van der Waals surface area contributed by atoms with Crippen LogP contribution in [-0.4, -0.2) is 12.4 Å². The molecule has 0 radical (unpaired) electrons. The highest BCUT2D eigenvalue weighted by Gasteiger charge is 2.19. The molecular weight excluding hydrogens is 221 g/mol. The summed E-state index contributed by atoms with van der Waals surface area (Å²) in [6.45, 7) is 2.46. The van der Waals surface area contributed by atoms with E-state index in [0.29, 0.717) is 12.8 Å². The van der Waals surface area contributed by atoms with E-state index in [1.54, 1.807) is 0 Å². The molecule has 0 heterocycles. The van der Waals surface area contributed by atoms with Gasteiger partial charge in [0.2, 0.25) is 7.37 Å². The lowest BCUT2D eigenvalue weighted by molar-refractivity contribution is 0.302. The molecule has 0 amide bonds. The summed E-state index contributed by atoms with van der Waals surface area (Å²) in [5.41, 5.74) is 6.56. The lowest BCUT2D eigenvalue weighted by atomic mass is 10.2. The molecule has 2 N–H and O–H groups in total. The van der Waals surface area contributed by atoms with Crippen molar-refractivity contribution >= 4 is 7.37 Å². The van der Waals surface area contributed by atoms with Gasteiger partial charge in [0.1, 0.15) is 0 Å². The number of nitrogens with two attached hydrogens (primary N) is 1. The predicted octanol–water partition coefficient (Wildman–Crippen LogP) is 3.20. The highest BCUT2D eigenvalue weighted by atomic mass is 31.2. The molecule has 1 unspecified atom stereocenters. The highest BCUT2D eigenvalue weighted by Crippen LogP contribution is 2.46. The maximum atomic E-state index is 12.2. The summed E-state index contributed by atoms with van der Waals surface area (Å²) in [6.07, 6.45) is 2.65. The summed E-state index contributed by atoms with van der Waals surface area (Å²) >= 11 is 0. The van der Waals surface area contributed by atoms with Gasteiger partial charge >= 0.3 is 0 Å². The van der Waals surface area contributed by atoms with Crippen LogP contribution in [0.2, 0.25) is 0 Å². The van der Waals surface area contributed by atoms with E-state index in [0.717, 1.165) is 18.4 Å². The van der Waals surface area contributed by atoms with Crippen LogP contribution in [0, 0.1) is 0 Å². The molecule has 0 aromatic heterocycles. The van der Waals surface area contributed by atoms with Crippen molar-refractivity contribution in [2.75, 3.05) is 12.4 Å². The smallest absolute Gasteiger partial charge is 0.216 e. The summed E-state index contributed by atoms with van der Waals surface area (Å²) in [7, 11) is -2.60. The van der Waals surface area contributed by atoms with Crippen molar-refractivity contribution in [1.82, 2.24) is 0 Å². The van der Waals surface area contributed by atoms with Crippen LogP contribution in [0.25, 0.3) is 0 Å². The first-order chi connectivity index (χ1) is 7.70. The molecule has 16 heavy (non-hydrogen) atoms. The van der Waals surface area contributed by atoms with Gasteiger partial charge < -0.3 is 10.3 Å². The molecule has 1 atom stereocenters. The molecule has 0 fully saturated rings. The first-order valence-electron chi connectivity index (χ1n) is 5.67. The molecule has 0 aliphatic rings. The summed E-state index contributed by atoms with van der Waals surface area (Å²) in [6, 6.07) is 9.75. The average molecular weight is 241 g/mol. The van der Waals surface area contributed by atoms with E-state index < -0.39 is 7.37 Å². The number of hydrogen-bond donors (Lipinski definition) is 1. The van der Waals surface area contributed by atoms with Crippen LogP contribution in [0.15, 0.2) is 30.3 Å². The van der Waals surface area contributed by atoms with E-state index in [2.05, 4.69) is 6.92 Å². The maximum absolute atomic E-state index is 12.2. The quantitative estimate of drug-likeness (QED) is 0.746. The van der Waals surface area contributed by atoms with Crippen LogP contribution in [0.5, 0.6) is 0 Å². The van der Waals surface area contributed by atoms with E-state index in [1.807, 2.05) is 30.3 Å². The van der Waals surface area contributed by atoms with Crippen molar-refractivity contribution < 1.29 is 9.09 Å². The summed E-state index contributed by atoms with van der Waals surface area (Å²) in [5, 5.41) is 0. The Bertz CT molecular complexity index is 340. The molecular formula is C12H20NO2P. The lowest BCUT2D eigenvalue weighted by Gasteiger charge is -2.16. The van der Waals surface area contributed by atoms with Crippen LogP contribution in [0.1, 0.15) is 25.3 Å².